The average Bonchev–Trinajstić information content (AvgIpc) is 2.53. The second kappa shape index (κ2) is 6.56. The van der Waals surface area contributed by atoms with Gasteiger partial charge >= 0.3 is 0 Å². The summed E-state index contributed by atoms with van der Waals surface area (Å²) in [6.07, 6.45) is 0.727. The number of carbonyl (C=O) groups is 2. The molecule has 0 amide bonds. The highest BCUT2D eigenvalue weighted by Gasteiger charge is 2.06. The van der Waals surface area contributed by atoms with Crippen LogP contribution in [0.2, 0.25) is 0 Å². The fourth-order valence-corrected chi connectivity index (χ4v) is 1.77. The van der Waals surface area contributed by atoms with E-state index >= 15 is 0 Å². The van der Waals surface area contributed by atoms with Crippen molar-refractivity contribution in [1.29, 1.82) is 0 Å². The monoisotopic (exact) mass is 285 g/mol. The molecule has 5 nitrogen and oxygen atoms in total. The van der Waals surface area contributed by atoms with Gasteiger partial charge in [0.2, 0.25) is 0 Å². The molecule has 0 aliphatic heterocycles. The van der Waals surface area contributed by atoms with Gasteiger partial charge in [-0.15, -0.1) is 0 Å². The van der Waals surface area contributed by atoms with Crippen LogP contribution in [0.15, 0.2) is 42.5 Å². The Morgan fingerprint density at radius 1 is 1.14 bits per heavy atom. The van der Waals surface area contributed by atoms with E-state index in [0.29, 0.717) is 17.1 Å². The van der Waals surface area contributed by atoms with Gasteiger partial charge in [0.05, 0.1) is 13.1 Å². The highest BCUT2D eigenvalue weighted by Crippen LogP contribution is 2.28. The number of aldehydes is 1. The Balaban J connectivity index is 2.08. The first-order valence-electron chi connectivity index (χ1n) is 6.20. The van der Waals surface area contributed by atoms with E-state index in [0.717, 1.165) is 11.8 Å². The van der Waals surface area contributed by atoms with E-state index in [2.05, 4.69) is 0 Å². The number of carbonyl (C=O) groups excluding carboxylic acids is 2. The second-order valence-corrected chi connectivity index (χ2v) is 4.30. The molecule has 108 valence electrons. The lowest BCUT2D eigenvalue weighted by Gasteiger charge is -2.11. The van der Waals surface area contributed by atoms with Gasteiger partial charge in [0.25, 0.3) is 0 Å². The van der Waals surface area contributed by atoms with Crippen molar-refractivity contribution in [3.63, 3.8) is 0 Å². The molecule has 0 aliphatic carbocycles. The van der Waals surface area contributed by atoms with Gasteiger partial charge < -0.3 is 19.4 Å². The van der Waals surface area contributed by atoms with Crippen molar-refractivity contribution in [2.45, 2.75) is 6.61 Å². The molecule has 0 aromatic heterocycles. The zero-order valence-electron chi connectivity index (χ0n) is 11.4. The van der Waals surface area contributed by atoms with E-state index in [1.165, 1.54) is 19.2 Å². The van der Waals surface area contributed by atoms with Crippen LogP contribution in [0.25, 0.3) is 0 Å². The fraction of sp³-hybridized carbons (Fsp3) is 0.125. The molecule has 0 bridgehead atoms. The van der Waals surface area contributed by atoms with Gasteiger partial charge in [-0.2, -0.15) is 0 Å². The van der Waals surface area contributed by atoms with Crippen LogP contribution in [-0.2, 0) is 6.61 Å². The van der Waals surface area contributed by atoms with E-state index in [-0.39, 0.29) is 12.2 Å². The number of benzene rings is 2. The molecule has 2 aromatic rings. The third-order valence-corrected chi connectivity index (χ3v) is 2.91. The van der Waals surface area contributed by atoms with Crippen LogP contribution in [0, 0.1) is 0 Å². The number of rotatable bonds is 6. The van der Waals surface area contributed by atoms with E-state index in [1.54, 1.807) is 30.3 Å². The average molecular weight is 285 g/mol. The Labute approximate surface area is 121 Å². The Kier molecular flexibility index (Phi) is 4.56. The highest BCUT2D eigenvalue weighted by atomic mass is 16.5. The Morgan fingerprint density at radius 2 is 1.86 bits per heavy atom. The summed E-state index contributed by atoms with van der Waals surface area (Å²) >= 11 is 0. The van der Waals surface area contributed by atoms with Crippen LogP contribution in [0.1, 0.15) is 26.3 Å². The topological polar surface area (TPSA) is 75.7 Å². The number of hydrogen-bond acceptors (Lipinski definition) is 5. The summed E-state index contributed by atoms with van der Waals surface area (Å²) in [7, 11) is 1.49. The molecular weight excluding hydrogens is 272 g/mol. The van der Waals surface area contributed by atoms with Crippen LogP contribution in [0.3, 0.4) is 0 Å². The smallest absolute Gasteiger partial charge is 0.161 e. The molecule has 2 rings (SSSR count). The summed E-state index contributed by atoms with van der Waals surface area (Å²) in [5, 5.41) is 10.6. The molecule has 21 heavy (non-hydrogen) atoms. The van der Waals surface area contributed by atoms with Crippen LogP contribution in [0.4, 0.5) is 0 Å². The lowest BCUT2D eigenvalue weighted by Crippen LogP contribution is -2.22. The maximum atomic E-state index is 10.7. The number of carboxylic acids is 1. The first-order valence-corrected chi connectivity index (χ1v) is 6.20. The molecule has 0 unspecified atom stereocenters. The molecule has 0 N–H and O–H groups in total. The SMILES string of the molecule is COc1cc(C=O)ccc1OCc1ccc(C(=O)[O-])cc1. The number of ether oxygens (including phenoxy) is 2. The second-order valence-electron chi connectivity index (χ2n) is 4.30. The molecule has 0 atom stereocenters. The van der Waals surface area contributed by atoms with Crippen LogP contribution >= 0.6 is 0 Å². The molecule has 2 aromatic carbocycles. The third kappa shape index (κ3) is 3.60. The molecule has 0 aliphatic rings. The molecule has 0 fully saturated rings. The zero-order valence-corrected chi connectivity index (χ0v) is 11.4. The largest absolute Gasteiger partial charge is 0.545 e. The van der Waals surface area contributed by atoms with Gasteiger partial charge in [0, 0.05) is 5.56 Å². The molecule has 0 saturated carbocycles. The Morgan fingerprint density at radius 3 is 2.43 bits per heavy atom. The van der Waals surface area contributed by atoms with Crippen molar-refractivity contribution >= 4 is 12.3 Å². The van der Waals surface area contributed by atoms with Crippen molar-refractivity contribution in [2.75, 3.05) is 7.11 Å². The molecule has 0 saturated heterocycles. The van der Waals surface area contributed by atoms with E-state index in [4.69, 9.17) is 9.47 Å². The van der Waals surface area contributed by atoms with Crippen LogP contribution in [0.5, 0.6) is 11.5 Å². The van der Waals surface area contributed by atoms with Crippen molar-refractivity contribution < 1.29 is 24.2 Å². The van der Waals surface area contributed by atoms with Crippen molar-refractivity contribution in [2.24, 2.45) is 0 Å². The number of aromatic carboxylic acids is 1. The summed E-state index contributed by atoms with van der Waals surface area (Å²) in [4.78, 5) is 21.4. The predicted molar refractivity (Wildman–Crippen MR) is 73.5 cm³/mol. The lowest BCUT2D eigenvalue weighted by atomic mass is 10.1. The van der Waals surface area contributed by atoms with Gasteiger partial charge in [0.1, 0.15) is 12.9 Å². The van der Waals surface area contributed by atoms with Crippen molar-refractivity contribution in [3.05, 3.63) is 59.2 Å². The minimum atomic E-state index is -1.21. The van der Waals surface area contributed by atoms with Gasteiger partial charge in [-0.25, -0.2) is 0 Å². The van der Waals surface area contributed by atoms with Gasteiger partial charge in [-0.1, -0.05) is 24.3 Å². The predicted octanol–water partition coefficient (Wildman–Crippen LogP) is 1.45. The van der Waals surface area contributed by atoms with Crippen molar-refractivity contribution in [1.82, 2.24) is 0 Å². The van der Waals surface area contributed by atoms with Crippen molar-refractivity contribution in [3.8, 4) is 11.5 Å². The molecule has 5 heteroatoms. The zero-order chi connectivity index (χ0) is 15.2. The van der Waals surface area contributed by atoms with E-state index < -0.39 is 5.97 Å². The first-order chi connectivity index (χ1) is 10.1. The Bertz CT molecular complexity index is 646. The van der Waals surface area contributed by atoms with Gasteiger partial charge in [-0.05, 0) is 29.3 Å². The standard InChI is InChI=1S/C16H14O5/c1-20-15-8-12(9-17)4-7-14(15)21-10-11-2-5-13(6-3-11)16(18)19/h2-9H,10H2,1H3,(H,18,19)/p-1. The maximum Gasteiger partial charge on any atom is 0.161 e. The summed E-state index contributed by atoms with van der Waals surface area (Å²) in [6.45, 7) is 0.254. The fourth-order valence-electron chi connectivity index (χ4n) is 1.77. The van der Waals surface area contributed by atoms with Gasteiger partial charge in [0.15, 0.2) is 11.5 Å². The maximum absolute atomic E-state index is 10.7. The molecule has 0 spiro atoms. The number of methoxy groups -OCH3 is 1. The molecular formula is C16H13O5-. The molecule has 0 heterocycles. The minimum absolute atomic E-state index is 0.117. The first kappa shape index (κ1) is 14.6. The number of hydrogen-bond donors (Lipinski definition) is 0. The third-order valence-electron chi connectivity index (χ3n) is 2.91. The summed E-state index contributed by atoms with van der Waals surface area (Å²) < 4.78 is 10.8. The summed E-state index contributed by atoms with van der Waals surface area (Å²) in [5.41, 5.74) is 1.42. The van der Waals surface area contributed by atoms with Crippen LogP contribution in [-0.4, -0.2) is 19.4 Å². The summed E-state index contributed by atoms with van der Waals surface area (Å²) in [5.74, 6) is -0.244. The Hall–Kier alpha value is -2.82. The van der Waals surface area contributed by atoms with E-state index in [9.17, 15) is 14.7 Å². The molecule has 0 radical (unpaired) electrons. The van der Waals surface area contributed by atoms with Gasteiger partial charge in [-0.3, -0.25) is 4.79 Å². The highest BCUT2D eigenvalue weighted by molar-refractivity contribution is 5.85. The minimum Gasteiger partial charge on any atom is -0.545 e. The lowest BCUT2D eigenvalue weighted by molar-refractivity contribution is -0.255. The normalized spacial score (nSPS) is 9.95. The summed E-state index contributed by atoms with van der Waals surface area (Å²) in [6, 6.07) is 11.1. The quantitative estimate of drug-likeness (QED) is 0.751. The number of carboxylic acid groups (broad SMARTS) is 1. The van der Waals surface area contributed by atoms with Crippen LogP contribution < -0.4 is 14.6 Å². The van der Waals surface area contributed by atoms with E-state index in [1.807, 2.05) is 0 Å².